The molecule has 3 heteroatoms. The highest BCUT2D eigenvalue weighted by molar-refractivity contribution is 5.98. The van der Waals surface area contributed by atoms with E-state index >= 15 is 0 Å². The Morgan fingerprint density at radius 1 is 1.00 bits per heavy atom. The van der Waals surface area contributed by atoms with E-state index in [0.29, 0.717) is 6.42 Å². The predicted molar refractivity (Wildman–Crippen MR) is 125 cm³/mol. The average molecular weight is 405 g/mol. The van der Waals surface area contributed by atoms with E-state index in [1.165, 1.54) is 5.57 Å². The lowest BCUT2D eigenvalue weighted by molar-refractivity contribution is -0.133. The highest BCUT2D eigenvalue weighted by atomic mass is 16.1. The molecule has 0 radical (unpaired) electrons. The molecule has 0 saturated carbocycles. The van der Waals surface area contributed by atoms with Crippen LogP contribution in [0.3, 0.4) is 0 Å². The fourth-order valence-corrected chi connectivity index (χ4v) is 5.26. The zero-order valence-electron chi connectivity index (χ0n) is 21.3. The second kappa shape index (κ2) is 9.34. The first-order valence-corrected chi connectivity index (χ1v) is 11.1. The van der Waals surface area contributed by atoms with Crippen LogP contribution in [-0.2, 0) is 4.79 Å². The van der Waals surface area contributed by atoms with Gasteiger partial charge in [0, 0.05) is 11.0 Å². The van der Waals surface area contributed by atoms with Gasteiger partial charge in [-0.05, 0) is 61.7 Å². The zero-order chi connectivity index (χ0) is 23.5. The molecule has 0 spiro atoms. The van der Waals surface area contributed by atoms with Gasteiger partial charge in [0.2, 0.25) is 5.78 Å². The van der Waals surface area contributed by atoms with Crippen LogP contribution in [0.15, 0.2) is 12.2 Å². The van der Waals surface area contributed by atoms with E-state index in [4.69, 9.17) is 5.73 Å². The molecular formula is C26H48N2O. The van der Waals surface area contributed by atoms with Crippen LogP contribution in [-0.4, -0.2) is 11.3 Å². The van der Waals surface area contributed by atoms with Gasteiger partial charge in [-0.2, -0.15) is 5.26 Å². The number of hydrogen-bond donors (Lipinski definition) is 1. The Kier molecular flexibility index (Phi) is 8.97. The Balaban J connectivity index is 5.93. The van der Waals surface area contributed by atoms with E-state index in [1.807, 2.05) is 13.0 Å². The SMILES string of the molecule is C=C(CCC)C(CC(C)(C)CC(C)(C)C(C)(CC(C)(C)C)C(=O)C#N)C(C)(C)N. The maximum absolute atomic E-state index is 12.8. The Morgan fingerprint density at radius 3 is 1.83 bits per heavy atom. The van der Waals surface area contributed by atoms with Crippen molar-refractivity contribution in [3.63, 3.8) is 0 Å². The lowest BCUT2D eigenvalue weighted by Crippen LogP contribution is -2.48. The maximum Gasteiger partial charge on any atom is 0.238 e. The minimum absolute atomic E-state index is 0.0418. The minimum Gasteiger partial charge on any atom is -0.325 e. The van der Waals surface area contributed by atoms with Gasteiger partial charge in [-0.1, -0.05) is 80.9 Å². The maximum atomic E-state index is 12.8. The van der Waals surface area contributed by atoms with Crippen molar-refractivity contribution < 1.29 is 4.79 Å². The first-order valence-electron chi connectivity index (χ1n) is 11.1. The molecule has 0 bridgehead atoms. The van der Waals surface area contributed by atoms with Crippen molar-refractivity contribution in [3.8, 4) is 6.07 Å². The molecule has 2 unspecified atom stereocenters. The Morgan fingerprint density at radius 2 is 1.48 bits per heavy atom. The van der Waals surface area contributed by atoms with Crippen LogP contribution in [0.5, 0.6) is 0 Å². The molecule has 0 aliphatic heterocycles. The van der Waals surface area contributed by atoms with Gasteiger partial charge in [-0.25, -0.2) is 0 Å². The normalized spacial score (nSPS) is 16.7. The topological polar surface area (TPSA) is 66.9 Å². The average Bonchev–Trinajstić information content (AvgIpc) is 2.48. The van der Waals surface area contributed by atoms with Crippen LogP contribution in [0.25, 0.3) is 0 Å². The summed E-state index contributed by atoms with van der Waals surface area (Å²) < 4.78 is 0. The summed E-state index contributed by atoms with van der Waals surface area (Å²) >= 11 is 0. The summed E-state index contributed by atoms with van der Waals surface area (Å²) in [4.78, 5) is 12.8. The highest BCUT2D eigenvalue weighted by Crippen LogP contribution is 2.54. The van der Waals surface area contributed by atoms with Crippen molar-refractivity contribution in [2.24, 2.45) is 33.3 Å². The second-order valence-electron chi connectivity index (χ2n) is 12.7. The Bertz CT molecular complexity index is 623. The van der Waals surface area contributed by atoms with Gasteiger partial charge in [-0.3, -0.25) is 4.79 Å². The number of carbonyl (C=O) groups excluding carboxylic acids is 1. The number of rotatable bonds is 11. The summed E-state index contributed by atoms with van der Waals surface area (Å²) in [6.45, 7) is 27.9. The first-order chi connectivity index (χ1) is 12.7. The largest absolute Gasteiger partial charge is 0.325 e. The van der Waals surface area contributed by atoms with E-state index in [1.54, 1.807) is 0 Å². The molecule has 0 heterocycles. The summed E-state index contributed by atoms with van der Waals surface area (Å²) in [6.07, 6.45) is 4.50. The molecule has 2 atom stereocenters. The van der Waals surface area contributed by atoms with Crippen LogP contribution in [0.1, 0.15) is 108 Å². The fraction of sp³-hybridized carbons (Fsp3) is 0.846. The number of carbonyl (C=O) groups is 1. The molecule has 3 nitrogen and oxygen atoms in total. The number of nitrogens with two attached hydrogens (primary N) is 1. The fourth-order valence-electron chi connectivity index (χ4n) is 5.26. The lowest BCUT2D eigenvalue weighted by Gasteiger charge is -2.49. The Hall–Kier alpha value is -1.14. The molecule has 0 aliphatic rings. The molecular weight excluding hydrogens is 356 g/mol. The van der Waals surface area contributed by atoms with Gasteiger partial charge >= 0.3 is 0 Å². The summed E-state index contributed by atoms with van der Waals surface area (Å²) in [5.41, 5.74) is 6.32. The molecule has 0 aromatic rings. The van der Waals surface area contributed by atoms with Crippen LogP contribution in [0.2, 0.25) is 0 Å². The third-order valence-corrected chi connectivity index (χ3v) is 6.62. The molecule has 0 aliphatic carbocycles. The number of nitriles is 1. The Labute approximate surface area is 181 Å². The number of hydrogen-bond acceptors (Lipinski definition) is 3. The van der Waals surface area contributed by atoms with Crippen molar-refractivity contribution in [3.05, 3.63) is 12.2 Å². The molecule has 0 aromatic heterocycles. The van der Waals surface area contributed by atoms with Crippen molar-refractivity contribution in [2.75, 3.05) is 0 Å². The second-order valence-corrected chi connectivity index (χ2v) is 12.7. The molecule has 2 N–H and O–H groups in total. The molecule has 0 aromatic carbocycles. The standard InChI is InChI=1S/C26H48N2O/c1-13-14-19(2)20(25(10,11)28)15-23(6,7)18-24(8,9)26(12,21(29)16-27)17-22(3,4)5/h20H,2,13-15,17-18,28H2,1,3-12H3. The highest BCUT2D eigenvalue weighted by Gasteiger charge is 2.51. The monoisotopic (exact) mass is 404 g/mol. The summed E-state index contributed by atoms with van der Waals surface area (Å²) in [7, 11) is 0. The predicted octanol–water partition coefficient (Wildman–Crippen LogP) is 7.06. The van der Waals surface area contributed by atoms with E-state index in [2.05, 4.69) is 75.8 Å². The number of Topliss-reactive ketones (excluding diaryl/α,β-unsaturated/α-hetero) is 1. The zero-order valence-corrected chi connectivity index (χ0v) is 21.3. The minimum atomic E-state index is -0.703. The van der Waals surface area contributed by atoms with Gasteiger partial charge < -0.3 is 5.73 Å². The summed E-state index contributed by atoms with van der Waals surface area (Å²) in [5.74, 6) is -0.0897. The van der Waals surface area contributed by atoms with Crippen LogP contribution in [0.4, 0.5) is 0 Å². The third-order valence-electron chi connectivity index (χ3n) is 6.62. The van der Waals surface area contributed by atoms with E-state index in [0.717, 1.165) is 25.7 Å². The lowest BCUT2D eigenvalue weighted by atomic mass is 9.53. The summed E-state index contributed by atoms with van der Waals surface area (Å²) in [5, 5.41) is 9.49. The van der Waals surface area contributed by atoms with Gasteiger partial charge in [0.1, 0.15) is 6.07 Å². The molecule has 0 saturated heterocycles. The van der Waals surface area contributed by atoms with Crippen LogP contribution < -0.4 is 5.73 Å². The third kappa shape index (κ3) is 7.89. The van der Waals surface area contributed by atoms with E-state index in [9.17, 15) is 10.1 Å². The van der Waals surface area contributed by atoms with Gasteiger partial charge in [-0.15, -0.1) is 0 Å². The van der Waals surface area contributed by atoms with Crippen molar-refractivity contribution in [1.29, 1.82) is 5.26 Å². The first kappa shape index (κ1) is 27.9. The molecule has 0 fully saturated rings. The number of nitrogens with zero attached hydrogens (tertiary/aromatic N) is 1. The van der Waals surface area contributed by atoms with Crippen molar-refractivity contribution in [2.45, 2.75) is 114 Å². The summed E-state index contributed by atoms with van der Waals surface area (Å²) in [6, 6.07) is 1.95. The van der Waals surface area contributed by atoms with Crippen molar-refractivity contribution in [1.82, 2.24) is 0 Å². The van der Waals surface area contributed by atoms with Gasteiger partial charge in [0.25, 0.3) is 0 Å². The van der Waals surface area contributed by atoms with Crippen LogP contribution >= 0.6 is 0 Å². The van der Waals surface area contributed by atoms with Crippen molar-refractivity contribution >= 4 is 5.78 Å². The smallest absolute Gasteiger partial charge is 0.238 e. The quantitative estimate of drug-likeness (QED) is 0.296. The van der Waals surface area contributed by atoms with Gasteiger partial charge in [0.05, 0.1) is 0 Å². The van der Waals surface area contributed by atoms with E-state index in [-0.39, 0.29) is 33.5 Å². The molecule has 0 amide bonds. The van der Waals surface area contributed by atoms with E-state index < -0.39 is 5.41 Å². The molecule has 0 rings (SSSR count). The van der Waals surface area contributed by atoms with Crippen LogP contribution in [0, 0.1) is 38.9 Å². The number of ketones is 1. The van der Waals surface area contributed by atoms with Gasteiger partial charge in [0.15, 0.2) is 0 Å². The molecule has 29 heavy (non-hydrogen) atoms. The molecule has 168 valence electrons.